The standard InChI is InChI=1S/C20H27BO4/c1-2-3-4-5-6-14-24-19-10-12-20(13-11-19)25-16-17-8-7-9-18(15-17)21(22)23/h7-13,15,22-23H,2-6,14,16H2,1H3. The van der Waals surface area contributed by atoms with Crippen LogP contribution in [0.4, 0.5) is 0 Å². The largest absolute Gasteiger partial charge is 0.494 e. The number of hydrogen-bond acceptors (Lipinski definition) is 4. The molecular formula is C20H27BO4. The molecule has 0 radical (unpaired) electrons. The number of unbranched alkanes of at least 4 members (excludes halogenated alkanes) is 4. The van der Waals surface area contributed by atoms with Gasteiger partial charge < -0.3 is 19.5 Å². The summed E-state index contributed by atoms with van der Waals surface area (Å²) in [7, 11) is -1.46. The molecule has 0 saturated heterocycles. The van der Waals surface area contributed by atoms with Crippen LogP contribution in [0, 0.1) is 0 Å². The van der Waals surface area contributed by atoms with Gasteiger partial charge in [0.1, 0.15) is 18.1 Å². The average molecular weight is 342 g/mol. The summed E-state index contributed by atoms with van der Waals surface area (Å²) in [6, 6.07) is 14.7. The van der Waals surface area contributed by atoms with Gasteiger partial charge in [-0.3, -0.25) is 0 Å². The highest BCUT2D eigenvalue weighted by molar-refractivity contribution is 6.58. The number of benzene rings is 2. The third-order valence-corrected chi connectivity index (χ3v) is 4.00. The summed E-state index contributed by atoms with van der Waals surface area (Å²) < 4.78 is 11.5. The van der Waals surface area contributed by atoms with Crippen LogP contribution in [-0.4, -0.2) is 23.8 Å². The molecule has 2 N–H and O–H groups in total. The van der Waals surface area contributed by atoms with E-state index in [0.717, 1.165) is 30.1 Å². The quantitative estimate of drug-likeness (QED) is 0.486. The smallest absolute Gasteiger partial charge is 0.488 e. The van der Waals surface area contributed by atoms with E-state index >= 15 is 0 Å². The first kappa shape index (κ1) is 19.4. The zero-order chi connectivity index (χ0) is 17.9. The van der Waals surface area contributed by atoms with Crippen LogP contribution in [0.5, 0.6) is 11.5 Å². The van der Waals surface area contributed by atoms with E-state index in [9.17, 15) is 10.0 Å². The molecule has 0 saturated carbocycles. The van der Waals surface area contributed by atoms with Crippen LogP contribution in [0.2, 0.25) is 0 Å². The molecule has 2 rings (SSSR count). The van der Waals surface area contributed by atoms with Crippen LogP contribution in [0.15, 0.2) is 48.5 Å². The van der Waals surface area contributed by atoms with Crippen molar-refractivity contribution in [1.82, 2.24) is 0 Å². The van der Waals surface area contributed by atoms with Crippen molar-refractivity contribution < 1.29 is 19.5 Å². The lowest BCUT2D eigenvalue weighted by atomic mass is 9.80. The highest BCUT2D eigenvalue weighted by atomic mass is 16.5. The van der Waals surface area contributed by atoms with Crippen molar-refractivity contribution in [2.75, 3.05) is 6.61 Å². The summed E-state index contributed by atoms with van der Waals surface area (Å²) in [6.07, 6.45) is 6.14. The van der Waals surface area contributed by atoms with Crippen LogP contribution >= 0.6 is 0 Å². The van der Waals surface area contributed by atoms with E-state index in [2.05, 4.69) is 6.92 Å². The first-order valence-electron chi connectivity index (χ1n) is 8.99. The van der Waals surface area contributed by atoms with Crippen molar-refractivity contribution >= 4 is 12.6 Å². The van der Waals surface area contributed by atoms with Gasteiger partial charge in [0.15, 0.2) is 0 Å². The molecule has 0 atom stereocenters. The maximum atomic E-state index is 9.20. The summed E-state index contributed by atoms with van der Waals surface area (Å²) in [6.45, 7) is 3.34. The van der Waals surface area contributed by atoms with Crippen LogP contribution < -0.4 is 14.9 Å². The van der Waals surface area contributed by atoms with Crippen LogP contribution in [0.1, 0.15) is 44.6 Å². The highest BCUT2D eigenvalue weighted by Crippen LogP contribution is 2.19. The zero-order valence-corrected chi connectivity index (χ0v) is 14.9. The lowest BCUT2D eigenvalue weighted by molar-refractivity contribution is 0.297. The predicted molar refractivity (Wildman–Crippen MR) is 101 cm³/mol. The predicted octanol–water partition coefficient (Wildman–Crippen LogP) is 3.29. The molecule has 0 heterocycles. The first-order chi connectivity index (χ1) is 12.2. The van der Waals surface area contributed by atoms with Crippen molar-refractivity contribution in [3.63, 3.8) is 0 Å². The molecule has 0 unspecified atom stereocenters. The van der Waals surface area contributed by atoms with Gasteiger partial charge in [0, 0.05) is 0 Å². The van der Waals surface area contributed by atoms with Crippen LogP contribution in [0.25, 0.3) is 0 Å². The van der Waals surface area contributed by atoms with E-state index in [-0.39, 0.29) is 0 Å². The minimum atomic E-state index is -1.46. The molecule has 5 heteroatoms. The van der Waals surface area contributed by atoms with E-state index in [1.165, 1.54) is 25.7 Å². The van der Waals surface area contributed by atoms with Crippen molar-refractivity contribution in [2.24, 2.45) is 0 Å². The summed E-state index contributed by atoms with van der Waals surface area (Å²) in [5.74, 6) is 1.61. The van der Waals surface area contributed by atoms with Gasteiger partial charge in [-0.1, -0.05) is 56.9 Å². The molecule has 2 aromatic carbocycles. The fraction of sp³-hybridized carbons (Fsp3) is 0.400. The summed E-state index contributed by atoms with van der Waals surface area (Å²) in [5, 5.41) is 18.4. The minimum Gasteiger partial charge on any atom is -0.494 e. The van der Waals surface area contributed by atoms with E-state index < -0.39 is 7.12 Å². The second kappa shape index (κ2) is 10.8. The topological polar surface area (TPSA) is 58.9 Å². The van der Waals surface area contributed by atoms with Gasteiger partial charge in [-0.2, -0.15) is 0 Å². The van der Waals surface area contributed by atoms with Gasteiger partial charge in [0.2, 0.25) is 0 Å². The maximum Gasteiger partial charge on any atom is 0.488 e. The molecule has 0 amide bonds. The Kier molecular flexibility index (Phi) is 8.36. The third kappa shape index (κ3) is 7.20. The van der Waals surface area contributed by atoms with Crippen molar-refractivity contribution in [3.8, 4) is 11.5 Å². The Labute approximate surface area is 150 Å². The van der Waals surface area contributed by atoms with Crippen molar-refractivity contribution in [3.05, 3.63) is 54.1 Å². The molecule has 0 spiro atoms. The SMILES string of the molecule is CCCCCCCOc1ccc(OCc2cccc(B(O)O)c2)cc1. The number of hydrogen-bond donors (Lipinski definition) is 2. The van der Waals surface area contributed by atoms with E-state index in [1.54, 1.807) is 18.2 Å². The average Bonchev–Trinajstić information content (AvgIpc) is 2.64. The van der Waals surface area contributed by atoms with Crippen LogP contribution in [0.3, 0.4) is 0 Å². The van der Waals surface area contributed by atoms with E-state index in [1.807, 2.05) is 30.3 Å². The number of rotatable bonds is 11. The number of ether oxygens (including phenoxy) is 2. The second-order valence-corrected chi connectivity index (χ2v) is 6.14. The molecule has 4 nitrogen and oxygen atoms in total. The molecule has 0 aromatic heterocycles. The zero-order valence-electron chi connectivity index (χ0n) is 14.9. The monoisotopic (exact) mass is 342 g/mol. The lowest BCUT2D eigenvalue weighted by Crippen LogP contribution is -2.29. The Hall–Kier alpha value is -1.98. The molecule has 134 valence electrons. The van der Waals surface area contributed by atoms with Crippen LogP contribution in [-0.2, 0) is 6.61 Å². The molecule has 0 bridgehead atoms. The lowest BCUT2D eigenvalue weighted by Gasteiger charge is -2.09. The van der Waals surface area contributed by atoms with E-state index in [4.69, 9.17) is 9.47 Å². The van der Waals surface area contributed by atoms with Gasteiger partial charge in [0.05, 0.1) is 6.61 Å². The van der Waals surface area contributed by atoms with Gasteiger partial charge in [0.25, 0.3) is 0 Å². The summed E-state index contributed by atoms with van der Waals surface area (Å²) in [5.41, 5.74) is 1.35. The third-order valence-electron chi connectivity index (χ3n) is 4.00. The summed E-state index contributed by atoms with van der Waals surface area (Å²) in [4.78, 5) is 0. The minimum absolute atomic E-state index is 0.373. The Morgan fingerprint density at radius 3 is 2.20 bits per heavy atom. The second-order valence-electron chi connectivity index (χ2n) is 6.14. The Morgan fingerprint density at radius 1 is 0.840 bits per heavy atom. The molecule has 0 aliphatic rings. The molecule has 25 heavy (non-hydrogen) atoms. The molecule has 0 aliphatic heterocycles. The molecule has 2 aromatic rings. The fourth-order valence-corrected chi connectivity index (χ4v) is 2.54. The van der Waals surface area contributed by atoms with Gasteiger partial charge in [-0.15, -0.1) is 0 Å². The normalized spacial score (nSPS) is 10.5. The van der Waals surface area contributed by atoms with Gasteiger partial charge in [-0.05, 0) is 41.7 Å². The molecule has 0 fully saturated rings. The maximum absolute atomic E-state index is 9.20. The Balaban J connectivity index is 1.74. The summed E-state index contributed by atoms with van der Waals surface area (Å²) >= 11 is 0. The Bertz CT molecular complexity index is 613. The first-order valence-corrected chi connectivity index (χ1v) is 8.99. The van der Waals surface area contributed by atoms with E-state index in [0.29, 0.717) is 12.1 Å². The van der Waals surface area contributed by atoms with Gasteiger partial charge in [-0.25, -0.2) is 0 Å². The Morgan fingerprint density at radius 2 is 1.52 bits per heavy atom. The molecule has 0 aliphatic carbocycles. The molecular weight excluding hydrogens is 315 g/mol. The highest BCUT2D eigenvalue weighted by Gasteiger charge is 2.10. The van der Waals surface area contributed by atoms with Crippen molar-refractivity contribution in [1.29, 1.82) is 0 Å². The van der Waals surface area contributed by atoms with Gasteiger partial charge >= 0.3 is 7.12 Å². The fourth-order valence-electron chi connectivity index (χ4n) is 2.54. The van der Waals surface area contributed by atoms with Crippen molar-refractivity contribution in [2.45, 2.75) is 45.6 Å².